The van der Waals surface area contributed by atoms with Crippen LogP contribution >= 0.6 is 43.2 Å². The quantitative estimate of drug-likeness (QED) is 0.492. The highest BCUT2D eigenvalue weighted by molar-refractivity contribution is 9.10. The van der Waals surface area contributed by atoms with E-state index in [0.717, 1.165) is 26.3 Å². The smallest absolute Gasteiger partial charge is 0.137 e. The fourth-order valence-electron chi connectivity index (χ4n) is 1.79. The van der Waals surface area contributed by atoms with Crippen molar-refractivity contribution in [2.24, 2.45) is 0 Å². The summed E-state index contributed by atoms with van der Waals surface area (Å²) in [7, 11) is 0. The van der Waals surface area contributed by atoms with E-state index in [4.69, 9.17) is 0 Å². The van der Waals surface area contributed by atoms with Crippen LogP contribution in [0.25, 0.3) is 21.8 Å². The molecular weight excluding hydrogens is 405 g/mol. The number of benzene rings is 2. The molecule has 100 valence electrons. The molecule has 0 fully saturated rings. The second-order valence-electron chi connectivity index (χ2n) is 4.17. The molecule has 0 saturated heterocycles. The Morgan fingerprint density at radius 3 is 2.35 bits per heavy atom. The molecule has 0 unspecified atom stereocenters. The van der Waals surface area contributed by atoms with E-state index in [-0.39, 0.29) is 5.82 Å². The fourth-order valence-corrected chi connectivity index (χ4v) is 3.26. The Kier molecular flexibility index (Phi) is 4.01. The van der Waals surface area contributed by atoms with Crippen molar-refractivity contribution in [1.29, 1.82) is 0 Å². The number of halogens is 3. The molecule has 0 aliphatic rings. The lowest BCUT2D eigenvalue weighted by molar-refractivity contribution is 0.621. The summed E-state index contributed by atoms with van der Waals surface area (Å²) in [4.78, 5) is 4.61. The summed E-state index contributed by atoms with van der Waals surface area (Å²) >= 11 is 8.17. The molecule has 0 amide bonds. The maximum atomic E-state index is 13.3. The minimum atomic E-state index is -0.265. The highest BCUT2D eigenvalue weighted by Gasteiger charge is 2.08. The Labute approximate surface area is 136 Å². The summed E-state index contributed by atoms with van der Waals surface area (Å²) in [6.07, 6.45) is 0. The SMILES string of the molecule is Fc1ccc(-c2nc(-c3ccc(Br)cc3)cs2)cc1Br. The molecule has 1 nitrogen and oxygen atoms in total. The third kappa shape index (κ3) is 2.85. The number of rotatable bonds is 2. The molecule has 0 radical (unpaired) electrons. The summed E-state index contributed by atoms with van der Waals surface area (Å²) in [5, 5.41) is 2.89. The van der Waals surface area contributed by atoms with Crippen LogP contribution < -0.4 is 0 Å². The maximum Gasteiger partial charge on any atom is 0.137 e. The first kappa shape index (κ1) is 13.9. The monoisotopic (exact) mass is 411 g/mol. The molecule has 20 heavy (non-hydrogen) atoms. The summed E-state index contributed by atoms with van der Waals surface area (Å²) < 4.78 is 14.7. The van der Waals surface area contributed by atoms with Crippen LogP contribution in [0, 0.1) is 5.82 Å². The third-order valence-corrected chi connectivity index (χ3v) is 4.84. The molecule has 0 aliphatic carbocycles. The van der Waals surface area contributed by atoms with E-state index in [9.17, 15) is 4.39 Å². The maximum absolute atomic E-state index is 13.3. The molecule has 0 spiro atoms. The lowest BCUT2D eigenvalue weighted by atomic mass is 10.2. The topological polar surface area (TPSA) is 12.9 Å². The van der Waals surface area contributed by atoms with Gasteiger partial charge in [0.25, 0.3) is 0 Å². The summed E-state index contributed by atoms with van der Waals surface area (Å²) in [6.45, 7) is 0. The summed E-state index contributed by atoms with van der Waals surface area (Å²) in [5.41, 5.74) is 2.90. The normalized spacial score (nSPS) is 10.8. The standard InChI is InChI=1S/C15H8Br2FNS/c16-11-4-1-9(2-5-11)14-8-20-15(19-14)10-3-6-13(18)12(17)7-10/h1-8H. The number of nitrogens with zero attached hydrogens (tertiary/aromatic N) is 1. The lowest BCUT2D eigenvalue weighted by Gasteiger charge is -1.99. The van der Waals surface area contributed by atoms with Crippen molar-refractivity contribution in [2.45, 2.75) is 0 Å². The molecule has 0 saturated carbocycles. The van der Waals surface area contributed by atoms with Crippen molar-refractivity contribution < 1.29 is 4.39 Å². The van der Waals surface area contributed by atoms with Gasteiger partial charge < -0.3 is 0 Å². The first-order valence-electron chi connectivity index (χ1n) is 5.80. The van der Waals surface area contributed by atoms with Crippen LogP contribution in [0.5, 0.6) is 0 Å². The Morgan fingerprint density at radius 2 is 1.65 bits per heavy atom. The van der Waals surface area contributed by atoms with Gasteiger partial charge in [-0.2, -0.15) is 0 Å². The predicted octanol–water partition coefficient (Wildman–Crippen LogP) is 6.14. The van der Waals surface area contributed by atoms with Gasteiger partial charge in [-0.15, -0.1) is 11.3 Å². The van der Waals surface area contributed by atoms with Gasteiger partial charge in [0, 0.05) is 21.0 Å². The zero-order chi connectivity index (χ0) is 14.1. The van der Waals surface area contributed by atoms with Crippen LogP contribution in [0.15, 0.2) is 56.8 Å². The highest BCUT2D eigenvalue weighted by Crippen LogP contribution is 2.31. The van der Waals surface area contributed by atoms with Gasteiger partial charge >= 0.3 is 0 Å². The highest BCUT2D eigenvalue weighted by atomic mass is 79.9. The van der Waals surface area contributed by atoms with E-state index in [1.165, 1.54) is 6.07 Å². The van der Waals surface area contributed by atoms with Crippen LogP contribution in [0.3, 0.4) is 0 Å². The zero-order valence-electron chi connectivity index (χ0n) is 10.1. The molecule has 0 aliphatic heterocycles. The van der Waals surface area contributed by atoms with E-state index in [0.29, 0.717) is 4.47 Å². The van der Waals surface area contributed by atoms with Gasteiger partial charge in [0.15, 0.2) is 0 Å². The fraction of sp³-hybridized carbons (Fsp3) is 0. The van der Waals surface area contributed by atoms with E-state index >= 15 is 0 Å². The first-order chi connectivity index (χ1) is 9.63. The molecule has 0 atom stereocenters. The molecule has 3 rings (SSSR count). The van der Waals surface area contributed by atoms with E-state index in [1.807, 2.05) is 29.6 Å². The molecule has 5 heteroatoms. The Hall–Kier alpha value is -1.04. The van der Waals surface area contributed by atoms with Gasteiger partial charge in [0.2, 0.25) is 0 Å². The summed E-state index contributed by atoms with van der Waals surface area (Å²) in [6, 6.07) is 12.9. The number of hydrogen-bond donors (Lipinski definition) is 0. The van der Waals surface area contributed by atoms with E-state index in [2.05, 4.69) is 36.8 Å². The van der Waals surface area contributed by atoms with Crippen molar-refractivity contribution >= 4 is 43.2 Å². The van der Waals surface area contributed by atoms with Crippen molar-refractivity contribution in [1.82, 2.24) is 4.98 Å². The average Bonchev–Trinajstić information content (AvgIpc) is 2.92. The van der Waals surface area contributed by atoms with Gasteiger partial charge in [-0.1, -0.05) is 28.1 Å². The van der Waals surface area contributed by atoms with Crippen LogP contribution in [-0.2, 0) is 0 Å². The van der Waals surface area contributed by atoms with E-state index < -0.39 is 0 Å². The Morgan fingerprint density at radius 1 is 0.950 bits per heavy atom. The van der Waals surface area contributed by atoms with Gasteiger partial charge in [-0.25, -0.2) is 9.37 Å². The predicted molar refractivity (Wildman–Crippen MR) is 88.3 cm³/mol. The Bertz CT molecular complexity index is 753. The van der Waals surface area contributed by atoms with Gasteiger partial charge in [-0.05, 0) is 46.3 Å². The average molecular weight is 413 g/mol. The summed E-state index contributed by atoms with van der Waals surface area (Å²) in [5.74, 6) is -0.265. The number of aromatic nitrogens is 1. The molecule has 0 N–H and O–H groups in total. The van der Waals surface area contributed by atoms with Crippen LogP contribution in [0.2, 0.25) is 0 Å². The minimum Gasteiger partial charge on any atom is -0.236 e. The lowest BCUT2D eigenvalue weighted by Crippen LogP contribution is -1.82. The third-order valence-electron chi connectivity index (χ3n) is 2.81. The Balaban J connectivity index is 1.97. The van der Waals surface area contributed by atoms with Crippen molar-refractivity contribution in [3.05, 3.63) is 62.6 Å². The largest absolute Gasteiger partial charge is 0.236 e. The first-order valence-corrected chi connectivity index (χ1v) is 8.27. The van der Waals surface area contributed by atoms with Gasteiger partial charge in [0.1, 0.15) is 10.8 Å². The molecule has 3 aromatic rings. The molecule has 1 heterocycles. The van der Waals surface area contributed by atoms with Crippen LogP contribution in [-0.4, -0.2) is 4.98 Å². The van der Waals surface area contributed by atoms with Gasteiger partial charge in [-0.3, -0.25) is 0 Å². The number of hydrogen-bond acceptors (Lipinski definition) is 2. The molecule has 1 aromatic heterocycles. The van der Waals surface area contributed by atoms with Crippen molar-refractivity contribution in [3.63, 3.8) is 0 Å². The van der Waals surface area contributed by atoms with E-state index in [1.54, 1.807) is 23.5 Å². The van der Waals surface area contributed by atoms with Crippen molar-refractivity contribution in [3.8, 4) is 21.8 Å². The zero-order valence-corrected chi connectivity index (χ0v) is 14.1. The molecule has 2 aromatic carbocycles. The van der Waals surface area contributed by atoms with Crippen LogP contribution in [0.4, 0.5) is 4.39 Å². The number of thiazole rings is 1. The second kappa shape index (κ2) is 5.76. The van der Waals surface area contributed by atoms with Gasteiger partial charge in [0.05, 0.1) is 10.2 Å². The molecular formula is C15H8Br2FNS. The second-order valence-corrected chi connectivity index (χ2v) is 6.80. The molecule has 0 bridgehead atoms. The van der Waals surface area contributed by atoms with Crippen LogP contribution in [0.1, 0.15) is 0 Å². The van der Waals surface area contributed by atoms with Crippen molar-refractivity contribution in [2.75, 3.05) is 0 Å². The minimum absolute atomic E-state index is 0.265.